The molecule has 0 bridgehead atoms. The molecule has 2 N–H and O–H groups in total. The number of fused-ring (bicyclic) bond motifs is 2. The molecule has 0 saturated heterocycles. The van der Waals surface area contributed by atoms with E-state index < -0.39 is 22.8 Å². The van der Waals surface area contributed by atoms with Crippen LogP contribution in [-0.4, -0.2) is 41.0 Å². The minimum atomic E-state index is -0.764. The lowest BCUT2D eigenvalue weighted by Gasteiger charge is -2.20. The molecule has 5 aromatic rings. The summed E-state index contributed by atoms with van der Waals surface area (Å²) < 4.78 is 10.2. The third kappa shape index (κ3) is 3.67. The maximum absolute atomic E-state index is 13.0. The maximum Gasteiger partial charge on any atom is 0.354 e. The first-order valence-electron chi connectivity index (χ1n) is 11.1. The molecule has 0 spiro atoms. The Labute approximate surface area is 204 Å². The quantitative estimate of drug-likeness (QED) is 0.191. The Hall–Kier alpha value is -4.92. The average molecular weight is 483 g/mol. The van der Waals surface area contributed by atoms with Gasteiger partial charge in [0.15, 0.2) is 0 Å². The summed E-state index contributed by atoms with van der Waals surface area (Å²) in [4.78, 5) is 43.4. The molecule has 5 rings (SSSR count). The lowest BCUT2D eigenvalue weighted by Crippen LogP contribution is -2.14. The van der Waals surface area contributed by atoms with Crippen molar-refractivity contribution in [1.29, 1.82) is 0 Å². The van der Waals surface area contributed by atoms with Crippen molar-refractivity contribution in [3.05, 3.63) is 111 Å². The number of benzene rings is 3. The molecule has 0 aliphatic rings. The molecule has 2 aromatic heterocycles. The Morgan fingerprint density at radius 1 is 0.778 bits per heavy atom. The molecule has 0 fully saturated rings. The SMILES string of the molecule is COC(=O)c1[nH]c2ccccc2c1C(c1cccc([N+](=O)[O-])c1)c1c(C(=O)OC)[nH]c2ccccc12. The molecular formula is C27H21N3O6. The Kier molecular flexibility index (Phi) is 5.73. The number of para-hydroxylation sites is 2. The first kappa shape index (κ1) is 22.9. The second kappa shape index (κ2) is 9.03. The van der Waals surface area contributed by atoms with E-state index in [1.807, 2.05) is 48.5 Å². The summed E-state index contributed by atoms with van der Waals surface area (Å²) in [5, 5.41) is 13.1. The number of nitro benzene ring substituents is 1. The number of aromatic nitrogens is 2. The van der Waals surface area contributed by atoms with E-state index in [9.17, 15) is 19.7 Å². The van der Waals surface area contributed by atoms with E-state index in [0.717, 1.165) is 10.8 Å². The Balaban J connectivity index is 1.95. The Morgan fingerprint density at radius 3 is 1.75 bits per heavy atom. The van der Waals surface area contributed by atoms with Crippen LogP contribution in [0.5, 0.6) is 0 Å². The fraction of sp³-hybridized carbons (Fsp3) is 0.111. The molecule has 0 aliphatic carbocycles. The third-order valence-corrected chi connectivity index (χ3v) is 6.26. The number of esters is 2. The zero-order valence-electron chi connectivity index (χ0n) is 19.4. The van der Waals surface area contributed by atoms with Gasteiger partial charge in [-0.15, -0.1) is 0 Å². The number of nitro groups is 1. The van der Waals surface area contributed by atoms with Crippen molar-refractivity contribution in [3.8, 4) is 0 Å². The summed E-state index contributed by atoms with van der Waals surface area (Å²) in [5.41, 5.74) is 3.23. The predicted octanol–water partition coefficient (Wildman–Crippen LogP) is 5.31. The average Bonchev–Trinajstić information content (AvgIpc) is 3.48. The van der Waals surface area contributed by atoms with Gasteiger partial charge in [0.05, 0.1) is 19.1 Å². The maximum atomic E-state index is 13.0. The van der Waals surface area contributed by atoms with E-state index in [-0.39, 0.29) is 17.1 Å². The normalized spacial score (nSPS) is 11.2. The largest absolute Gasteiger partial charge is 0.464 e. The predicted molar refractivity (Wildman–Crippen MR) is 133 cm³/mol. The van der Waals surface area contributed by atoms with Gasteiger partial charge in [0, 0.05) is 51.0 Å². The topological polar surface area (TPSA) is 127 Å². The molecule has 9 nitrogen and oxygen atoms in total. The first-order valence-corrected chi connectivity index (χ1v) is 11.1. The van der Waals surface area contributed by atoms with Gasteiger partial charge in [-0.2, -0.15) is 0 Å². The Bertz CT molecular complexity index is 1550. The smallest absolute Gasteiger partial charge is 0.354 e. The summed E-state index contributed by atoms with van der Waals surface area (Å²) >= 11 is 0. The molecule has 180 valence electrons. The third-order valence-electron chi connectivity index (χ3n) is 6.26. The number of hydrogen-bond acceptors (Lipinski definition) is 6. The van der Waals surface area contributed by atoms with Gasteiger partial charge in [0.2, 0.25) is 0 Å². The molecule has 36 heavy (non-hydrogen) atoms. The highest BCUT2D eigenvalue weighted by atomic mass is 16.6. The molecule has 3 aromatic carbocycles. The van der Waals surface area contributed by atoms with Crippen LogP contribution in [0.3, 0.4) is 0 Å². The highest BCUT2D eigenvalue weighted by Gasteiger charge is 2.34. The number of H-pyrrole nitrogens is 2. The molecule has 0 unspecified atom stereocenters. The molecule has 0 atom stereocenters. The summed E-state index contributed by atoms with van der Waals surface area (Å²) in [6.07, 6.45) is 0. The van der Waals surface area contributed by atoms with E-state index in [4.69, 9.17) is 9.47 Å². The van der Waals surface area contributed by atoms with Gasteiger partial charge in [-0.3, -0.25) is 10.1 Å². The lowest BCUT2D eigenvalue weighted by molar-refractivity contribution is -0.384. The van der Waals surface area contributed by atoms with Gasteiger partial charge >= 0.3 is 11.9 Å². The highest BCUT2D eigenvalue weighted by molar-refractivity contribution is 6.03. The van der Waals surface area contributed by atoms with Crippen LogP contribution in [0, 0.1) is 10.1 Å². The first-order chi connectivity index (χ1) is 17.4. The fourth-order valence-electron chi connectivity index (χ4n) is 4.75. The monoisotopic (exact) mass is 483 g/mol. The van der Waals surface area contributed by atoms with Crippen molar-refractivity contribution in [2.45, 2.75) is 5.92 Å². The van der Waals surface area contributed by atoms with Crippen LogP contribution in [0.2, 0.25) is 0 Å². The van der Waals surface area contributed by atoms with Crippen LogP contribution in [0.1, 0.15) is 43.6 Å². The number of non-ortho nitro benzene ring substituents is 1. The lowest BCUT2D eigenvalue weighted by atomic mass is 9.81. The highest BCUT2D eigenvalue weighted by Crippen LogP contribution is 2.44. The number of nitrogens with zero attached hydrogens (tertiary/aromatic N) is 1. The summed E-state index contributed by atoms with van der Waals surface area (Å²) in [5.74, 6) is -1.97. The number of carbonyl (C=O) groups is 2. The number of rotatable bonds is 6. The van der Waals surface area contributed by atoms with E-state index in [1.165, 1.54) is 26.4 Å². The number of aromatic amines is 2. The minimum Gasteiger partial charge on any atom is -0.464 e. The van der Waals surface area contributed by atoms with Gasteiger partial charge in [0.25, 0.3) is 5.69 Å². The van der Waals surface area contributed by atoms with E-state index in [1.54, 1.807) is 12.1 Å². The fourth-order valence-corrected chi connectivity index (χ4v) is 4.75. The summed E-state index contributed by atoms with van der Waals surface area (Å²) in [6, 6.07) is 20.9. The van der Waals surface area contributed by atoms with Crippen LogP contribution < -0.4 is 0 Å². The number of carbonyl (C=O) groups excluding carboxylic acids is 2. The van der Waals surface area contributed by atoms with Crippen LogP contribution in [0.4, 0.5) is 5.69 Å². The second-order valence-corrected chi connectivity index (χ2v) is 8.19. The van der Waals surface area contributed by atoms with Crippen LogP contribution >= 0.6 is 0 Å². The van der Waals surface area contributed by atoms with Crippen molar-refractivity contribution in [1.82, 2.24) is 9.97 Å². The molecule has 0 aliphatic heterocycles. The summed E-state index contributed by atoms with van der Waals surface area (Å²) in [6.45, 7) is 0. The number of ether oxygens (including phenoxy) is 2. The zero-order chi connectivity index (χ0) is 25.4. The van der Waals surface area contributed by atoms with Gasteiger partial charge in [-0.1, -0.05) is 48.5 Å². The van der Waals surface area contributed by atoms with Gasteiger partial charge in [-0.25, -0.2) is 9.59 Å². The van der Waals surface area contributed by atoms with Gasteiger partial charge in [0.1, 0.15) is 11.4 Å². The van der Waals surface area contributed by atoms with E-state index in [0.29, 0.717) is 27.7 Å². The molecule has 2 heterocycles. The molecule has 0 saturated carbocycles. The van der Waals surface area contributed by atoms with Crippen molar-refractivity contribution < 1.29 is 24.0 Å². The second-order valence-electron chi connectivity index (χ2n) is 8.19. The molecule has 0 amide bonds. The number of methoxy groups -OCH3 is 2. The number of hydrogen-bond donors (Lipinski definition) is 2. The molecule has 0 radical (unpaired) electrons. The van der Waals surface area contributed by atoms with E-state index in [2.05, 4.69) is 9.97 Å². The van der Waals surface area contributed by atoms with Crippen LogP contribution in [-0.2, 0) is 9.47 Å². The van der Waals surface area contributed by atoms with E-state index >= 15 is 0 Å². The van der Waals surface area contributed by atoms with Crippen molar-refractivity contribution in [3.63, 3.8) is 0 Å². The minimum absolute atomic E-state index is 0.114. The van der Waals surface area contributed by atoms with Gasteiger partial charge in [-0.05, 0) is 17.7 Å². The molecular weight excluding hydrogens is 462 g/mol. The summed E-state index contributed by atoms with van der Waals surface area (Å²) in [7, 11) is 2.57. The van der Waals surface area contributed by atoms with Crippen molar-refractivity contribution in [2.75, 3.05) is 14.2 Å². The number of nitrogens with one attached hydrogen (secondary N) is 2. The molecule has 9 heteroatoms. The van der Waals surface area contributed by atoms with Crippen molar-refractivity contribution >= 4 is 39.4 Å². The van der Waals surface area contributed by atoms with Crippen LogP contribution in [0.15, 0.2) is 72.8 Å². The van der Waals surface area contributed by atoms with Gasteiger partial charge < -0.3 is 19.4 Å². The van der Waals surface area contributed by atoms with Crippen molar-refractivity contribution in [2.24, 2.45) is 0 Å². The Morgan fingerprint density at radius 2 is 1.28 bits per heavy atom. The van der Waals surface area contributed by atoms with Crippen LogP contribution in [0.25, 0.3) is 21.8 Å². The zero-order valence-corrected chi connectivity index (χ0v) is 19.4. The standard InChI is InChI=1S/C27H21N3O6/c1-35-26(31)24-22(17-10-3-5-12-19(17)28-24)21(15-8-7-9-16(14-15)30(33)34)23-18-11-4-6-13-20(18)29-25(23)27(32)36-2/h3-14,21,28-29H,1-2H3.